The van der Waals surface area contributed by atoms with Crippen molar-refractivity contribution in [2.75, 3.05) is 26.2 Å². The van der Waals surface area contributed by atoms with Gasteiger partial charge in [-0.25, -0.2) is 4.79 Å². The number of ether oxygens (including phenoxy) is 1. The highest BCUT2D eigenvalue weighted by Crippen LogP contribution is 2.31. The summed E-state index contributed by atoms with van der Waals surface area (Å²) >= 11 is 0. The monoisotopic (exact) mass is 295 g/mol. The summed E-state index contributed by atoms with van der Waals surface area (Å²) in [6, 6.07) is 2.40. The number of hydrogen-bond donors (Lipinski definition) is 1. The van der Waals surface area contributed by atoms with Crippen LogP contribution in [0.5, 0.6) is 0 Å². The Hall–Kier alpha value is -1.32. The van der Waals surface area contributed by atoms with Crippen molar-refractivity contribution in [3.05, 3.63) is 0 Å². The molecule has 21 heavy (non-hydrogen) atoms. The molecule has 2 fully saturated rings. The van der Waals surface area contributed by atoms with Gasteiger partial charge in [-0.05, 0) is 40.0 Å². The number of likely N-dealkylation sites (tertiary alicyclic amines) is 2. The van der Waals surface area contributed by atoms with Crippen molar-refractivity contribution in [3.8, 4) is 6.07 Å². The molecule has 0 aromatic heterocycles. The van der Waals surface area contributed by atoms with E-state index in [-0.39, 0.29) is 12.2 Å². The van der Waals surface area contributed by atoms with E-state index in [1.807, 2.05) is 20.8 Å². The molecule has 1 atom stereocenters. The molecular formula is C15H25N3O3. The summed E-state index contributed by atoms with van der Waals surface area (Å²) < 4.78 is 5.38. The molecule has 2 rings (SSSR count). The standard InChI is InChI=1S/C15H25N3O3/c1-14(2,3)21-13(20)17-9-6-15(10-16,11-17)18-7-4-12(19)5-8-18/h12,19H,4-9,11H2,1-3H3. The zero-order chi connectivity index (χ0) is 15.7. The lowest BCUT2D eigenvalue weighted by molar-refractivity contribution is 0.0200. The minimum absolute atomic E-state index is 0.264. The van der Waals surface area contributed by atoms with Crippen molar-refractivity contribution in [2.45, 2.75) is 57.3 Å². The largest absolute Gasteiger partial charge is 0.444 e. The van der Waals surface area contributed by atoms with Crippen molar-refractivity contribution >= 4 is 6.09 Å². The minimum Gasteiger partial charge on any atom is -0.444 e. The first-order valence-electron chi connectivity index (χ1n) is 7.58. The summed E-state index contributed by atoms with van der Waals surface area (Å²) in [6.45, 7) is 7.85. The summed E-state index contributed by atoms with van der Waals surface area (Å²) in [5.41, 5.74) is -1.15. The van der Waals surface area contributed by atoms with Crippen LogP contribution in [0.4, 0.5) is 4.79 Å². The van der Waals surface area contributed by atoms with E-state index < -0.39 is 11.1 Å². The first-order valence-corrected chi connectivity index (χ1v) is 7.58. The lowest BCUT2D eigenvalue weighted by Crippen LogP contribution is -2.54. The summed E-state index contributed by atoms with van der Waals surface area (Å²) in [6.07, 6.45) is 1.40. The van der Waals surface area contributed by atoms with Crippen LogP contribution in [0.25, 0.3) is 0 Å². The normalized spacial score (nSPS) is 28.4. The van der Waals surface area contributed by atoms with Gasteiger partial charge in [-0.15, -0.1) is 0 Å². The number of carbonyl (C=O) groups excluding carboxylic acids is 1. The second kappa shape index (κ2) is 5.82. The van der Waals surface area contributed by atoms with E-state index in [9.17, 15) is 15.2 Å². The predicted molar refractivity (Wildman–Crippen MR) is 77.6 cm³/mol. The Morgan fingerprint density at radius 2 is 1.95 bits per heavy atom. The van der Waals surface area contributed by atoms with E-state index >= 15 is 0 Å². The summed E-state index contributed by atoms with van der Waals surface area (Å²) in [7, 11) is 0. The van der Waals surface area contributed by atoms with Crippen LogP contribution >= 0.6 is 0 Å². The Morgan fingerprint density at radius 1 is 1.33 bits per heavy atom. The summed E-state index contributed by atoms with van der Waals surface area (Å²) in [4.78, 5) is 15.9. The maximum atomic E-state index is 12.1. The first kappa shape index (κ1) is 16.1. The van der Waals surface area contributed by atoms with Gasteiger partial charge in [-0.1, -0.05) is 0 Å². The number of hydrogen-bond acceptors (Lipinski definition) is 5. The van der Waals surface area contributed by atoms with Gasteiger partial charge in [0.15, 0.2) is 0 Å². The van der Waals surface area contributed by atoms with Gasteiger partial charge in [0.25, 0.3) is 0 Å². The molecule has 1 N–H and O–H groups in total. The van der Waals surface area contributed by atoms with Crippen LogP contribution in [0, 0.1) is 11.3 Å². The van der Waals surface area contributed by atoms with Gasteiger partial charge in [-0.3, -0.25) is 4.90 Å². The summed E-state index contributed by atoms with van der Waals surface area (Å²) in [5.74, 6) is 0. The molecule has 0 saturated carbocycles. The molecule has 0 aromatic rings. The van der Waals surface area contributed by atoms with Crippen LogP contribution in [0.3, 0.4) is 0 Å². The molecule has 6 heteroatoms. The molecule has 0 aromatic carbocycles. The van der Waals surface area contributed by atoms with Gasteiger partial charge in [-0.2, -0.15) is 5.26 Å². The lowest BCUT2D eigenvalue weighted by atomic mass is 9.94. The van der Waals surface area contributed by atoms with Gasteiger partial charge < -0.3 is 14.7 Å². The SMILES string of the molecule is CC(C)(C)OC(=O)N1CCC(C#N)(N2CCC(O)CC2)C1. The Morgan fingerprint density at radius 3 is 2.48 bits per heavy atom. The minimum atomic E-state index is -0.628. The van der Waals surface area contributed by atoms with E-state index in [1.54, 1.807) is 4.90 Å². The van der Waals surface area contributed by atoms with E-state index in [2.05, 4.69) is 11.0 Å². The van der Waals surface area contributed by atoms with Gasteiger partial charge in [0.2, 0.25) is 0 Å². The van der Waals surface area contributed by atoms with Crippen LogP contribution in [-0.4, -0.2) is 64.4 Å². The molecule has 0 spiro atoms. The predicted octanol–water partition coefficient (Wildman–Crippen LogP) is 1.35. The van der Waals surface area contributed by atoms with Crippen molar-refractivity contribution in [1.29, 1.82) is 5.26 Å². The Kier molecular flexibility index (Phi) is 4.45. The second-order valence-electron chi connectivity index (χ2n) is 7.01. The number of nitrogens with zero attached hydrogens (tertiary/aromatic N) is 3. The average Bonchev–Trinajstić information content (AvgIpc) is 2.83. The van der Waals surface area contributed by atoms with Crippen molar-refractivity contribution < 1.29 is 14.6 Å². The molecule has 1 unspecified atom stereocenters. The van der Waals surface area contributed by atoms with Gasteiger partial charge in [0.05, 0.1) is 18.7 Å². The molecule has 2 heterocycles. The number of rotatable bonds is 1. The van der Waals surface area contributed by atoms with Crippen LogP contribution in [0.15, 0.2) is 0 Å². The zero-order valence-corrected chi connectivity index (χ0v) is 13.1. The number of piperidine rings is 1. The van der Waals surface area contributed by atoms with E-state index in [0.717, 1.165) is 0 Å². The molecule has 6 nitrogen and oxygen atoms in total. The Bertz CT molecular complexity index is 432. The summed E-state index contributed by atoms with van der Waals surface area (Å²) in [5, 5.41) is 19.2. The molecule has 2 saturated heterocycles. The van der Waals surface area contributed by atoms with Crippen LogP contribution in [0.2, 0.25) is 0 Å². The molecule has 118 valence electrons. The second-order valence-corrected chi connectivity index (χ2v) is 7.01. The fourth-order valence-electron chi connectivity index (χ4n) is 2.99. The van der Waals surface area contributed by atoms with Crippen molar-refractivity contribution in [3.63, 3.8) is 0 Å². The first-order chi connectivity index (χ1) is 9.76. The lowest BCUT2D eigenvalue weighted by Gasteiger charge is -2.39. The average molecular weight is 295 g/mol. The number of nitriles is 1. The van der Waals surface area contributed by atoms with Gasteiger partial charge in [0.1, 0.15) is 11.1 Å². The molecular weight excluding hydrogens is 270 g/mol. The van der Waals surface area contributed by atoms with E-state index in [4.69, 9.17) is 4.74 Å². The number of carbonyl (C=O) groups is 1. The number of amides is 1. The fourth-order valence-corrected chi connectivity index (χ4v) is 2.99. The smallest absolute Gasteiger partial charge is 0.410 e. The topological polar surface area (TPSA) is 76.8 Å². The molecule has 0 aliphatic carbocycles. The third kappa shape index (κ3) is 3.66. The Labute approximate surface area is 126 Å². The highest BCUT2D eigenvalue weighted by Gasteiger charge is 2.46. The van der Waals surface area contributed by atoms with E-state index in [1.165, 1.54) is 0 Å². The molecule has 2 aliphatic heterocycles. The fraction of sp³-hybridized carbons (Fsp3) is 0.867. The van der Waals surface area contributed by atoms with Crippen LogP contribution in [0.1, 0.15) is 40.0 Å². The van der Waals surface area contributed by atoms with Gasteiger partial charge >= 0.3 is 6.09 Å². The molecule has 1 amide bonds. The third-order valence-electron chi connectivity index (χ3n) is 4.18. The molecule has 2 aliphatic rings. The molecule has 0 bridgehead atoms. The van der Waals surface area contributed by atoms with Crippen LogP contribution in [-0.2, 0) is 4.74 Å². The number of aliphatic hydroxyl groups is 1. The maximum absolute atomic E-state index is 12.1. The van der Waals surface area contributed by atoms with Crippen LogP contribution < -0.4 is 0 Å². The Balaban J connectivity index is 2.01. The highest BCUT2D eigenvalue weighted by atomic mass is 16.6. The number of aliphatic hydroxyl groups excluding tert-OH is 1. The van der Waals surface area contributed by atoms with E-state index in [0.29, 0.717) is 45.4 Å². The van der Waals surface area contributed by atoms with Gasteiger partial charge in [0, 0.05) is 19.6 Å². The maximum Gasteiger partial charge on any atom is 0.410 e. The molecule has 0 radical (unpaired) electrons. The quantitative estimate of drug-likeness (QED) is 0.790. The van der Waals surface area contributed by atoms with Crippen molar-refractivity contribution in [2.24, 2.45) is 0 Å². The zero-order valence-electron chi connectivity index (χ0n) is 13.1. The third-order valence-corrected chi connectivity index (χ3v) is 4.18. The highest BCUT2D eigenvalue weighted by molar-refractivity contribution is 5.69. The van der Waals surface area contributed by atoms with Crippen molar-refractivity contribution in [1.82, 2.24) is 9.80 Å².